The van der Waals surface area contributed by atoms with Crippen molar-refractivity contribution in [3.8, 4) is 12.8 Å². The van der Waals surface area contributed by atoms with E-state index in [2.05, 4.69) is 54.4 Å². The van der Waals surface area contributed by atoms with Crippen molar-refractivity contribution in [1.29, 1.82) is 0 Å². The first-order valence-corrected chi connectivity index (χ1v) is 12.4. The minimum Gasteiger partial charge on any atom is -0.124 e. The van der Waals surface area contributed by atoms with Crippen molar-refractivity contribution in [2.75, 3.05) is 0 Å². The molecule has 27 heavy (non-hydrogen) atoms. The number of unbranched alkanes of at least 4 members (excludes halogenated alkanes) is 9. The highest BCUT2D eigenvalue weighted by Gasteiger charge is 1.94. The Kier molecular flexibility index (Phi) is 61.9. The van der Waals surface area contributed by atoms with Crippen molar-refractivity contribution in [2.45, 2.75) is 153 Å². The molecule has 0 bridgehead atoms. The van der Waals surface area contributed by atoms with Gasteiger partial charge in [0.25, 0.3) is 0 Å². The molecular weight excluding hydrogens is 324 g/mol. The van der Waals surface area contributed by atoms with E-state index in [1.165, 1.54) is 83.5 Å². The molecule has 0 aliphatic rings. The largest absolute Gasteiger partial charge is 0.124 e. The normalized spacial score (nSPS) is 8.96. The van der Waals surface area contributed by atoms with Crippen LogP contribution in [0.5, 0.6) is 0 Å². The summed E-state index contributed by atoms with van der Waals surface area (Å²) in [7, 11) is 0. The maximum Gasteiger partial charge on any atom is -0.0471 e. The van der Waals surface area contributed by atoms with E-state index in [0.29, 0.717) is 0 Å². The van der Waals surface area contributed by atoms with Gasteiger partial charge < -0.3 is 0 Å². The Bertz CT molecular complexity index is 187. The summed E-state index contributed by atoms with van der Waals surface area (Å²) in [6.45, 7) is 21.7. The monoisotopic (exact) mass is 384 g/mol. The van der Waals surface area contributed by atoms with Crippen LogP contribution >= 0.6 is 0 Å². The number of hydrogen-bond donors (Lipinski definition) is 0. The van der Waals surface area contributed by atoms with E-state index < -0.39 is 0 Å². The molecule has 0 radical (unpaired) electrons. The smallest absolute Gasteiger partial charge is 0.0471 e. The molecule has 0 aromatic rings. The molecule has 0 heterocycles. The first-order chi connectivity index (χ1) is 13.0. The third kappa shape index (κ3) is 66.9. The zero-order chi connectivity index (χ0) is 22.3. The highest BCUT2D eigenvalue weighted by atomic mass is 14.0. The van der Waals surface area contributed by atoms with Crippen molar-refractivity contribution < 1.29 is 0 Å². The Labute approximate surface area is 177 Å². The summed E-state index contributed by atoms with van der Waals surface area (Å²) in [4.78, 5) is 0. The Morgan fingerprint density at radius 1 is 0.444 bits per heavy atom. The van der Waals surface area contributed by atoms with Crippen LogP contribution in [0.1, 0.15) is 153 Å². The molecule has 0 unspecified atom stereocenters. The van der Waals surface area contributed by atoms with Gasteiger partial charge in [0.15, 0.2) is 0 Å². The zero-order valence-corrected chi connectivity index (χ0v) is 21.5. The predicted molar refractivity (Wildman–Crippen MR) is 134 cm³/mol. The third-order valence-electron chi connectivity index (χ3n) is 4.02. The SMILES string of the molecule is C#C.CC.CC.CCCCC(C)C.CCCCCCCCCCCC(C)C. The van der Waals surface area contributed by atoms with Crippen LogP contribution < -0.4 is 0 Å². The molecule has 0 nitrogen and oxygen atoms in total. The number of hydrogen-bond acceptors (Lipinski definition) is 0. The molecule has 0 N–H and O–H groups in total. The van der Waals surface area contributed by atoms with Gasteiger partial charge in [0.2, 0.25) is 0 Å². The standard InChI is InChI=1S/C14H30.C7H16.2C2H6.C2H2/c1-4-5-6-7-8-9-10-11-12-13-14(2)3;1-4-5-6-7(2)3;3*1-2/h14H,4-13H2,1-3H3;7H,4-6H2,1-3H3;2*1-2H3;1-2H. The second kappa shape index (κ2) is 44.8. The molecule has 0 amide bonds. The third-order valence-corrected chi connectivity index (χ3v) is 4.02. The lowest BCUT2D eigenvalue weighted by Crippen LogP contribution is -1.87. The topological polar surface area (TPSA) is 0 Å². The van der Waals surface area contributed by atoms with Gasteiger partial charge in [-0.15, -0.1) is 12.8 Å². The molecule has 0 fully saturated rings. The van der Waals surface area contributed by atoms with Gasteiger partial charge in [-0.3, -0.25) is 0 Å². The van der Waals surface area contributed by atoms with Crippen LogP contribution in [0.4, 0.5) is 0 Å². The van der Waals surface area contributed by atoms with Gasteiger partial charge in [0.05, 0.1) is 0 Å². The molecule has 0 aliphatic carbocycles. The molecule has 0 saturated heterocycles. The molecule has 0 heteroatoms. The summed E-state index contributed by atoms with van der Waals surface area (Å²) in [5.74, 6) is 1.81. The fourth-order valence-corrected chi connectivity index (χ4v) is 2.48. The highest BCUT2D eigenvalue weighted by molar-refractivity contribution is 4.49. The first kappa shape index (κ1) is 37.3. The van der Waals surface area contributed by atoms with Gasteiger partial charge in [0.1, 0.15) is 0 Å². The summed E-state index contributed by atoms with van der Waals surface area (Å²) < 4.78 is 0. The van der Waals surface area contributed by atoms with Crippen molar-refractivity contribution in [2.24, 2.45) is 11.8 Å². The first-order valence-electron chi connectivity index (χ1n) is 12.4. The molecule has 168 valence electrons. The van der Waals surface area contributed by atoms with Gasteiger partial charge in [-0.2, -0.15) is 0 Å². The van der Waals surface area contributed by atoms with Crippen molar-refractivity contribution in [3.63, 3.8) is 0 Å². The number of terminal acetylenes is 1. The van der Waals surface area contributed by atoms with E-state index in [9.17, 15) is 0 Å². The van der Waals surface area contributed by atoms with Crippen LogP contribution in [-0.2, 0) is 0 Å². The number of rotatable bonds is 13. The van der Waals surface area contributed by atoms with Crippen LogP contribution in [0, 0.1) is 24.7 Å². The zero-order valence-electron chi connectivity index (χ0n) is 21.5. The summed E-state index contributed by atoms with van der Waals surface area (Å²) >= 11 is 0. The van der Waals surface area contributed by atoms with E-state index >= 15 is 0 Å². The molecular formula is C27H60. The Morgan fingerprint density at radius 3 is 0.963 bits per heavy atom. The average molecular weight is 385 g/mol. The summed E-state index contributed by atoms with van der Waals surface area (Å²) in [6, 6.07) is 0. The van der Waals surface area contributed by atoms with Gasteiger partial charge in [-0.1, -0.05) is 153 Å². The Hall–Kier alpha value is -0.440. The molecule has 0 saturated carbocycles. The predicted octanol–water partition coefficient (Wildman–Crippen LogP) is 10.7. The Morgan fingerprint density at radius 2 is 0.704 bits per heavy atom. The molecule has 0 rings (SSSR count). The van der Waals surface area contributed by atoms with Crippen LogP contribution in [0.3, 0.4) is 0 Å². The highest BCUT2D eigenvalue weighted by Crippen LogP contribution is 2.12. The van der Waals surface area contributed by atoms with E-state index in [4.69, 9.17) is 0 Å². The van der Waals surface area contributed by atoms with Gasteiger partial charge >= 0.3 is 0 Å². The quantitative estimate of drug-likeness (QED) is 0.219. The van der Waals surface area contributed by atoms with Gasteiger partial charge in [-0.25, -0.2) is 0 Å². The lowest BCUT2D eigenvalue weighted by Gasteiger charge is -2.04. The maximum atomic E-state index is 4.00. The van der Waals surface area contributed by atoms with E-state index in [1.807, 2.05) is 27.7 Å². The van der Waals surface area contributed by atoms with Crippen molar-refractivity contribution in [1.82, 2.24) is 0 Å². The van der Waals surface area contributed by atoms with Crippen LogP contribution in [0.2, 0.25) is 0 Å². The Balaban J connectivity index is -0.000000104. The minimum absolute atomic E-state index is 0.902. The van der Waals surface area contributed by atoms with E-state index in [-0.39, 0.29) is 0 Å². The van der Waals surface area contributed by atoms with Crippen LogP contribution in [0.15, 0.2) is 0 Å². The van der Waals surface area contributed by atoms with Crippen molar-refractivity contribution >= 4 is 0 Å². The lowest BCUT2D eigenvalue weighted by atomic mass is 10.0. The minimum atomic E-state index is 0.902. The second-order valence-electron chi connectivity index (χ2n) is 7.55. The van der Waals surface area contributed by atoms with E-state index in [1.54, 1.807) is 0 Å². The fourth-order valence-electron chi connectivity index (χ4n) is 2.48. The second-order valence-corrected chi connectivity index (χ2v) is 7.55. The van der Waals surface area contributed by atoms with Crippen LogP contribution in [-0.4, -0.2) is 0 Å². The molecule has 0 aromatic heterocycles. The molecule has 0 spiro atoms. The molecule has 0 aromatic carbocycles. The molecule has 0 atom stereocenters. The molecule has 0 aliphatic heterocycles. The fraction of sp³-hybridized carbons (Fsp3) is 0.926. The lowest BCUT2D eigenvalue weighted by molar-refractivity contribution is 0.507. The maximum absolute atomic E-state index is 4.00. The summed E-state index contributed by atoms with van der Waals surface area (Å²) in [6.07, 6.45) is 26.6. The average Bonchev–Trinajstić information content (AvgIpc) is 2.70. The summed E-state index contributed by atoms with van der Waals surface area (Å²) in [5.41, 5.74) is 0. The van der Waals surface area contributed by atoms with Crippen molar-refractivity contribution in [3.05, 3.63) is 0 Å². The summed E-state index contributed by atoms with van der Waals surface area (Å²) in [5, 5.41) is 0. The van der Waals surface area contributed by atoms with Crippen LogP contribution in [0.25, 0.3) is 0 Å². The van der Waals surface area contributed by atoms with E-state index in [0.717, 1.165) is 11.8 Å². The van der Waals surface area contributed by atoms with Gasteiger partial charge in [0, 0.05) is 0 Å². The van der Waals surface area contributed by atoms with Gasteiger partial charge in [-0.05, 0) is 11.8 Å².